The lowest BCUT2D eigenvalue weighted by Gasteiger charge is -2.20. The minimum atomic E-state index is 0.0926. The van der Waals surface area contributed by atoms with E-state index in [9.17, 15) is 0 Å². The summed E-state index contributed by atoms with van der Waals surface area (Å²) in [6.07, 6.45) is 0. The Labute approximate surface area is 138 Å². The molecule has 0 amide bonds. The van der Waals surface area contributed by atoms with Crippen molar-refractivity contribution in [1.29, 1.82) is 0 Å². The average Bonchev–Trinajstić information content (AvgIpc) is 2.83. The van der Waals surface area contributed by atoms with Crippen molar-refractivity contribution in [2.75, 3.05) is 20.8 Å². The van der Waals surface area contributed by atoms with Gasteiger partial charge in [-0.1, -0.05) is 6.92 Å². The molecule has 1 N–H and O–H groups in total. The minimum Gasteiger partial charge on any atom is -0.497 e. The van der Waals surface area contributed by atoms with Crippen molar-refractivity contribution in [2.45, 2.75) is 19.9 Å². The fourth-order valence-corrected chi connectivity index (χ4v) is 3.91. The van der Waals surface area contributed by atoms with Crippen LogP contribution in [0, 0.1) is 6.92 Å². The zero-order valence-corrected chi connectivity index (χ0v) is 15.1. The number of thiophene rings is 1. The number of hydrogen-bond donors (Lipinski definition) is 1. The molecule has 0 radical (unpaired) electrons. The first kappa shape index (κ1) is 16.3. The van der Waals surface area contributed by atoms with Crippen molar-refractivity contribution in [3.63, 3.8) is 0 Å². The molecule has 0 bridgehead atoms. The molecule has 114 valence electrons. The van der Waals surface area contributed by atoms with Gasteiger partial charge < -0.3 is 14.8 Å². The van der Waals surface area contributed by atoms with Crippen LogP contribution in [0.2, 0.25) is 0 Å². The van der Waals surface area contributed by atoms with Gasteiger partial charge in [0.1, 0.15) is 11.5 Å². The van der Waals surface area contributed by atoms with Crippen LogP contribution in [0.4, 0.5) is 0 Å². The van der Waals surface area contributed by atoms with E-state index in [1.807, 2.05) is 18.2 Å². The highest BCUT2D eigenvalue weighted by Crippen LogP contribution is 2.38. The first-order chi connectivity index (χ1) is 10.1. The van der Waals surface area contributed by atoms with E-state index in [-0.39, 0.29) is 6.04 Å². The fraction of sp³-hybridized carbons (Fsp3) is 0.375. The van der Waals surface area contributed by atoms with Gasteiger partial charge in [0, 0.05) is 19.8 Å². The van der Waals surface area contributed by atoms with Gasteiger partial charge in [0.15, 0.2) is 0 Å². The Morgan fingerprint density at radius 3 is 2.52 bits per heavy atom. The van der Waals surface area contributed by atoms with Crippen LogP contribution in [0.25, 0.3) is 0 Å². The standard InChI is InChI=1S/C16H20BrNO2S/c1-5-18-16(15-9-13(17)10(2)21-15)12-8-11(19-3)6-7-14(12)20-4/h6-9,16,18H,5H2,1-4H3. The number of rotatable bonds is 6. The van der Waals surface area contributed by atoms with E-state index < -0.39 is 0 Å². The summed E-state index contributed by atoms with van der Waals surface area (Å²) in [5.74, 6) is 1.70. The molecule has 0 saturated heterocycles. The fourth-order valence-electron chi connectivity index (χ4n) is 2.26. The van der Waals surface area contributed by atoms with E-state index in [1.54, 1.807) is 25.6 Å². The topological polar surface area (TPSA) is 30.5 Å². The van der Waals surface area contributed by atoms with Gasteiger partial charge in [0.25, 0.3) is 0 Å². The second-order valence-corrected chi connectivity index (χ2v) is 6.79. The molecule has 0 spiro atoms. The predicted molar refractivity (Wildman–Crippen MR) is 91.8 cm³/mol. The molecule has 0 aliphatic rings. The first-order valence-electron chi connectivity index (χ1n) is 6.81. The maximum Gasteiger partial charge on any atom is 0.124 e. The summed E-state index contributed by atoms with van der Waals surface area (Å²) in [6.45, 7) is 5.10. The van der Waals surface area contributed by atoms with Gasteiger partial charge in [-0.15, -0.1) is 11.3 Å². The van der Waals surface area contributed by atoms with Gasteiger partial charge in [0.2, 0.25) is 0 Å². The van der Waals surface area contributed by atoms with Crippen molar-refractivity contribution in [3.8, 4) is 11.5 Å². The Balaban J connectivity index is 2.51. The summed E-state index contributed by atoms with van der Waals surface area (Å²) in [5, 5.41) is 3.54. The van der Waals surface area contributed by atoms with Gasteiger partial charge in [-0.05, 0) is 53.7 Å². The van der Waals surface area contributed by atoms with Crippen LogP contribution in [0.5, 0.6) is 11.5 Å². The Morgan fingerprint density at radius 2 is 2.00 bits per heavy atom. The number of nitrogens with one attached hydrogen (secondary N) is 1. The number of aryl methyl sites for hydroxylation is 1. The lowest BCUT2D eigenvalue weighted by Crippen LogP contribution is -2.21. The third kappa shape index (κ3) is 3.59. The molecule has 3 nitrogen and oxygen atoms in total. The van der Waals surface area contributed by atoms with E-state index in [0.29, 0.717) is 0 Å². The molecule has 1 heterocycles. The molecule has 5 heteroatoms. The van der Waals surface area contributed by atoms with E-state index in [1.165, 1.54) is 9.75 Å². The molecule has 21 heavy (non-hydrogen) atoms. The molecular weight excluding hydrogens is 350 g/mol. The average molecular weight is 370 g/mol. The number of benzene rings is 1. The van der Waals surface area contributed by atoms with Crippen molar-refractivity contribution >= 4 is 27.3 Å². The van der Waals surface area contributed by atoms with E-state index in [4.69, 9.17) is 9.47 Å². The van der Waals surface area contributed by atoms with Crippen LogP contribution in [0.15, 0.2) is 28.7 Å². The minimum absolute atomic E-state index is 0.0926. The van der Waals surface area contributed by atoms with Crippen LogP contribution >= 0.6 is 27.3 Å². The number of hydrogen-bond acceptors (Lipinski definition) is 4. The quantitative estimate of drug-likeness (QED) is 0.810. The third-order valence-corrected chi connectivity index (χ3v) is 5.52. The normalized spacial score (nSPS) is 12.2. The van der Waals surface area contributed by atoms with Gasteiger partial charge in [-0.25, -0.2) is 0 Å². The van der Waals surface area contributed by atoms with Crippen LogP contribution in [-0.4, -0.2) is 20.8 Å². The van der Waals surface area contributed by atoms with Gasteiger partial charge >= 0.3 is 0 Å². The number of methoxy groups -OCH3 is 2. The highest BCUT2D eigenvalue weighted by Gasteiger charge is 2.21. The van der Waals surface area contributed by atoms with Crippen LogP contribution < -0.4 is 14.8 Å². The van der Waals surface area contributed by atoms with Crippen molar-refractivity contribution in [2.24, 2.45) is 0 Å². The summed E-state index contributed by atoms with van der Waals surface area (Å²) in [7, 11) is 3.38. The second-order valence-electron chi connectivity index (χ2n) is 4.65. The van der Waals surface area contributed by atoms with Crippen LogP contribution in [-0.2, 0) is 0 Å². The number of halogens is 1. The molecule has 0 aliphatic heterocycles. The highest BCUT2D eigenvalue weighted by atomic mass is 79.9. The molecule has 0 aliphatic carbocycles. The van der Waals surface area contributed by atoms with Gasteiger partial charge in [-0.3, -0.25) is 0 Å². The molecule has 2 aromatic rings. The van der Waals surface area contributed by atoms with Crippen molar-refractivity contribution < 1.29 is 9.47 Å². The summed E-state index contributed by atoms with van der Waals surface area (Å²) in [4.78, 5) is 2.53. The monoisotopic (exact) mass is 369 g/mol. The Hall–Kier alpha value is -1.04. The first-order valence-corrected chi connectivity index (χ1v) is 8.42. The highest BCUT2D eigenvalue weighted by molar-refractivity contribution is 9.10. The molecule has 1 aromatic carbocycles. The summed E-state index contributed by atoms with van der Waals surface area (Å²) >= 11 is 5.38. The molecule has 0 saturated carbocycles. The van der Waals surface area contributed by atoms with Crippen molar-refractivity contribution in [1.82, 2.24) is 5.32 Å². The summed E-state index contributed by atoms with van der Waals surface area (Å²) < 4.78 is 12.0. The Bertz CT molecular complexity index is 593. The van der Waals surface area contributed by atoms with Crippen LogP contribution in [0.1, 0.15) is 28.3 Å². The second kappa shape index (κ2) is 7.29. The smallest absolute Gasteiger partial charge is 0.124 e. The van der Waals surface area contributed by atoms with Gasteiger partial charge in [0.05, 0.1) is 20.3 Å². The van der Waals surface area contributed by atoms with Crippen molar-refractivity contribution in [3.05, 3.63) is 44.1 Å². The lowest BCUT2D eigenvalue weighted by atomic mass is 10.0. The van der Waals surface area contributed by atoms with Crippen LogP contribution in [0.3, 0.4) is 0 Å². The Morgan fingerprint density at radius 1 is 1.24 bits per heavy atom. The molecule has 2 rings (SSSR count). The van der Waals surface area contributed by atoms with Gasteiger partial charge in [-0.2, -0.15) is 0 Å². The predicted octanol–water partition coefficient (Wildman–Crippen LogP) is 4.54. The Kier molecular flexibility index (Phi) is 5.67. The zero-order valence-electron chi connectivity index (χ0n) is 12.7. The zero-order chi connectivity index (χ0) is 15.4. The molecule has 1 atom stereocenters. The van der Waals surface area contributed by atoms with E-state index in [2.05, 4.69) is 41.2 Å². The molecular formula is C16H20BrNO2S. The lowest BCUT2D eigenvalue weighted by molar-refractivity contribution is 0.394. The number of ether oxygens (including phenoxy) is 2. The maximum atomic E-state index is 5.53. The largest absolute Gasteiger partial charge is 0.497 e. The van der Waals surface area contributed by atoms with E-state index >= 15 is 0 Å². The maximum absolute atomic E-state index is 5.53. The summed E-state index contributed by atoms with van der Waals surface area (Å²) in [5.41, 5.74) is 1.09. The molecule has 0 fully saturated rings. The van der Waals surface area contributed by atoms with E-state index in [0.717, 1.165) is 28.1 Å². The molecule has 1 unspecified atom stereocenters. The SMILES string of the molecule is CCNC(c1cc(Br)c(C)s1)c1cc(OC)ccc1OC. The molecule has 1 aromatic heterocycles. The summed E-state index contributed by atoms with van der Waals surface area (Å²) in [6, 6.07) is 8.17. The third-order valence-electron chi connectivity index (χ3n) is 3.32.